The average molecular weight is 350 g/mol. The quantitative estimate of drug-likeness (QED) is 0.453. The van der Waals surface area contributed by atoms with Crippen LogP contribution in [0.3, 0.4) is 0 Å². The first-order valence-electron chi connectivity index (χ1n) is 9.55. The van der Waals surface area contributed by atoms with Crippen molar-refractivity contribution in [3.8, 4) is 0 Å². The lowest BCUT2D eigenvalue weighted by Crippen LogP contribution is -2.01. The molecular formula is C25H22N2. The third kappa shape index (κ3) is 3.15. The summed E-state index contributed by atoms with van der Waals surface area (Å²) in [5.74, 6) is 0. The minimum atomic E-state index is 0.827. The number of fused-ring (bicyclic) bond motifs is 3. The topological polar surface area (TPSA) is 24.1 Å². The summed E-state index contributed by atoms with van der Waals surface area (Å²) in [6.07, 6.45) is 2.13. The maximum atomic E-state index is 3.62. The first kappa shape index (κ1) is 16.0. The van der Waals surface area contributed by atoms with Crippen LogP contribution in [0.5, 0.6) is 0 Å². The number of hydrogen-bond donors (Lipinski definition) is 2. The summed E-state index contributed by atoms with van der Waals surface area (Å²) in [5, 5.41) is 9.83. The molecule has 0 saturated carbocycles. The number of para-hydroxylation sites is 1. The average Bonchev–Trinajstić information content (AvgIpc) is 2.91. The van der Waals surface area contributed by atoms with Crippen LogP contribution in [-0.4, -0.2) is 0 Å². The molecule has 0 aromatic heterocycles. The van der Waals surface area contributed by atoms with E-state index in [1.165, 1.54) is 44.5 Å². The molecular weight excluding hydrogens is 328 g/mol. The second-order valence-electron chi connectivity index (χ2n) is 7.15. The normalized spacial score (nSPS) is 12.6. The van der Waals surface area contributed by atoms with Gasteiger partial charge in [-0.05, 0) is 64.6 Å². The van der Waals surface area contributed by atoms with Gasteiger partial charge >= 0.3 is 0 Å². The van der Waals surface area contributed by atoms with Crippen LogP contribution in [0.25, 0.3) is 10.8 Å². The maximum Gasteiger partial charge on any atom is 0.0418 e. The molecule has 0 saturated heterocycles. The summed E-state index contributed by atoms with van der Waals surface area (Å²) in [7, 11) is 0. The number of benzene rings is 4. The standard InChI is InChI=1S/C25H22N2/c1-3-10-23-18(6-1)8-5-9-21(23)17-26-22-14-15-25-20(16-22)13-12-19-7-2-4-11-24(19)27-25/h1-11,14-16,26-27H,12-13,17H2. The van der Waals surface area contributed by atoms with E-state index in [-0.39, 0.29) is 0 Å². The van der Waals surface area contributed by atoms with Crippen molar-refractivity contribution < 1.29 is 0 Å². The monoisotopic (exact) mass is 350 g/mol. The first-order valence-corrected chi connectivity index (χ1v) is 9.55. The third-order valence-electron chi connectivity index (χ3n) is 5.42. The van der Waals surface area contributed by atoms with Crippen LogP contribution in [-0.2, 0) is 19.4 Å². The SMILES string of the molecule is c1ccc2c(c1)CCc1cc(NCc3cccc4ccccc34)ccc1N2. The van der Waals surface area contributed by atoms with E-state index in [9.17, 15) is 0 Å². The summed E-state index contributed by atoms with van der Waals surface area (Å²) >= 11 is 0. The van der Waals surface area contributed by atoms with Crippen LogP contribution in [0.1, 0.15) is 16.7 Å². The molecule has 2 heteroatoms. The van der Waals surface area contributed by atoms with Crippen LogP contribution < -0.4 is 10.6 Å². The number of rotatable bonds is 3. The number of aryl methyl sites for hydroxylation is 2. The van der Waals surface area contributed by atoms with Crippen LogP contribution in [0, 0.1) is 0 Å². The van der Waals surface area contributed by atoms with Gasteiger partial charge < -0.3 is 10.6 Å². The molecule has 4 aromatic carbocycles. The zero-order chi connectivity index (χ0) is 18.1. The Balaban J connectivity index is 1.38. The maximum absolute atomic E-state index is 3.62. The van der Waals surface area contributed by atoms with Crippen LogP contribution in [0.2, 0.25) is 0 Å². The van der Waals surface area contributed by atoms with Gasteiger partial charge in [0.05, 0.1) is 0 Å². The molecule has 5 rings (SSSR count). The number of anilines is 3. The highest BCUT2D eigenvalue weighted by molar-refractivity contribution is 5.85. The minimum Gasteiger partial charge on any atom is -0.381 e. The summed E-state index contributed by atoms with van der Waals surface area (Å²) < 4.78 is 0. The Kier molecular flexibility index (Phi) is 4.02. The van der Waals surface area contributed by atoms with E-state index < -0.39 is 0 Å². The summed E-state index contributed by atoms with van der Waals surface area (Å²) in [5.41, 5.74) is 7.71. The van der Waals surface area contributed by atoms with Gasteiger partial charge in [0, 0.05) is 23.6 Å². The molecule has 2 nitrogen and oxygen atoms in total. The highest BCUT2D eigenvalue weighted by Gasteiger charge is 2.12. The van der Waals surface area contributed by atoms with Gasteiger partial charge in [-0.1, -0.05) is 60.7 Å². The molecule has 0 aliphatic carbocycles. The lowest BCUT2D eigenvalue weighted by molar-refractivity contribution is 0.977. The molecule has 4 aromatic rings. The summed E-state index contributed by atoms with van der Waals surface area (Å²) in [4.78, 5) is 0. The van der Waals surface area contributed by atoms with E-state index in [0.29, 0.717) is 0 Å². The number of hydrogen-bond acceptors (Lipinski definition) is 2. The van der Waals surface area contributed by atoms with Gasteiger partial charge in [-0.15, -0.1) is 0 Å². The molecule has 1 aliphatic rings. The van der Waals surface area contributed by atoms with E-state index in [1.54, 1.807) is 0 Å². The Hall–Kier alpha value is -3.26. The van der Waals surface area contributed by atoms with Crippen molar-refractivity contribution in [3.05, 3.63) is 102 Å². The molecule has 1 aliphatic heterocycles. The van der Waals surface area contributed by atoms with Crippen molar-refractivity contribution in [2.45, 2.75) is 19.4 Å². The van der Waals surface area contributed by atoms with Crippen LogP contribution in [0.4, 0.5) is 17.1 Å². The van der Waals surface area contributed by atoms with Gasteiger partial charge in [-0.3, -0.25) is 0 Å². The predicted octanol–water partition coefficient (Wildman–Crippen LogP) is 6.29. The van der Waals surface area contributed by atoms with E-state index in [4.69, 9.17) is 0 Å². The second-order valence-corrected chi connectivity index (χ2v) is 7.15. The largest absolute Gasteiger partial charge is 0.381 e. The van der Waals surface area contributed by atoms with E-state index in [2.05, 4.69) is 95.6 Å². The fraction of sp³-hybridized carbons (Fsp3) is 0.120. The van der Waals surface area contributed by atoms with Crippen molar-refractivity contribution >= 4 is 27.8 Å². The third-order valence-corrected chi connectivity index (χ3v) is 5.42. The van der Waals surface area contributed by atoms with E-state index >= 15 is 0 Å². The highest BCUT2D eigenvalue weighted by atomic mass is 14.9. The van der Waals surface area contributed by atoms with Crippen molar-refractivity contribution in [2.75, 3.05) is 10.6 Å². The zero-order valence-electron chi connectivity index (χ0n) is 15.2. The van der Waals surface area contributed by atoms with Gasteiger partial charge in [-0.2, -0.15) is 0 Å². The second kappa shape index (κ2) is 6.81. The molecule has 0 radical (unpaired) electrons. The van der Waals surface area contributed by atoms with Crippen molar-refractivity contribution in [3.63, 3.8) is 0 Å². The molecule has 0 spiro atoms. The predicted molar refractivity (Wildman–Crippen MR) is 115 cm³/mol. The van der Waals surface area contributed by atoms with Crippen molar-refractivity contribution in [1.82, 2.24) is 0 Å². The summed E-state index contributed by atoms with van der Waals surface area (Å²) in [6, 6.07) is 30.3. The van der Waals surface area contributed by atoms with Crippen molar-refractivity contribution in [1.29, 1.82) is 0 Å². The Bertz CT molecular complexity index is 1110. The lowest BCUT2D eigenvalue weighted by Gasteiger charge is -2.13. The molecule has 0 amide bonds. The Morgan fingerprint density at radius 3 is 2.48 bits per heavy atom. The molecule has 0 bridgehead atoms. The molecule has 2 N–H and O–H groups in total. The Labute approximate surface area is 159 Å². The zero-order valence-corrected chi connectivity index (χ0v) is 15.2. The van der Waals surface area contributed by atoms with Gasteiger partial charge in [-0.25, -0.2) is 0 Å². The molecule has 0 fully saturated rings. The Morgan fingerprint density at radius 1 is 0.704 bits per heavy atom. The smallest absolute Gasteiger partial charge is 0.0418 e. The molecule has 0 atom stereocenters. The van der Waals surface area contributed by atoms with E-state index in [0.717, 1.165) is 19.4 Å². The van der Waals surface area contributed by atoms with Gasteiger partial charge in [0.15, 0.2) is 0 Å². The van der Waals surface area contributed by atoms with Gasteiger partial charge in [0.25, 0.3) is 0 Å². The van der Waals surface area contributed by atoms with Gasteiger partial charge in [0.1, 0.15) is 0 Å². The van der Waals surface area contributed by atoms with Crippen molar-refractivity contribution in [2.24, 2.45) is 0 Å². The molecule has 27 heavy (non-hydrogen) atoms. The fourth-order valence-electron chi connectivity index (χ4n) is 3.95. The van der Waals surface area contributed by atoms with E-state index in [1.807, 2.05) is 0 Å². The Morgan fingerprint density at radius 2 is 1.48 bits per heavy atom. The molecule has 1 heterocycles. The minimum absolute atomic E-state index is 0.827. The number of nitrogens with one attached hydrogen (secondary N) is 2. The van der Waals surface area contributed by atoms with Gasteiger partial charge in [0.2, 0.25) is 0 Å². The fourth-order valence-corrected chi connectivity index (χ4v) is 3.95. The molecule has 0 unspecified atom stereocenters. The molecule has 132 valence electrons. The first-order chi connectivity index (χ1) is 13.4. The van der Waals surface area contributed by atoms with Crippen LogP contribution >= 0.6 is 0 Å². The van der Waals surface area contributed by atoms with Crippen LogP contribution in [0.15, 0.2) is 84.9 Å². The lowest BCUT2D eigenvalue weighted by atomic mass is 10.0. The summed E-state index contributed by atoms with van der Waals surface area (Å²) in [6.45, 7) is 0.827. The highest BCUT2D eigenvalue weighted by Crippen LogP contribution is 2.31.